The van der Waals surface area contributed by atoms with Gasteiger partial charge in [0.15, 0.2) is 0 Å². The molecule has 0 fully saturated rings. The average molecular weight is 247 g/mol. The lowest BCUT2D eigenvalue weighted by Gasteiger charge is -1.96. The first-order chi connectivity index (χ1) is 6.76. The summed E-state index contributed by atoms with van der Waals surface area (Å²) in [5.74, 6) is 0. The first kappa shape index (κ1) is 16.6. The van der Waals surface area contributed by atoms with Crippen molar-refractivity contribution in [3.63, 3.8) is 0 Å². The molecule has 0 bridgehead atoms. The quantitative estimate of drug-likeness (QED) is 0.658. The molecule has 1 aromatic heterocycles. The van der Waals surface area contributed by atoms with Gasteiger partial charge in [0.1, 0.15) is 5.15 Å². The lowest BCUT2D eigenvalue weighted by Crippen LogP contribution is -1.90. The van der Waals surface area contributed by atoms with Crippen LogP contribution in [-0.2, 0) is 6.42 Å². The van der Waals surface area contributed by atoms with E-state index in [2.05, 4.69) is 18.1 Å². The summed E-state index contributed by atoms with van der Waals surface area (Å²) in [5.41, 5.74) is 5.94. The fourth-order valence-corrected chi connectivity index (χ4v) is 0.924. The van der Waals surface area contributed by atoms with E-state index in [0.717, 1.165) is 12.0 Å². The van der Waals surface area contributed by atoms with Crippen LogP contribution in [-0.4, -0.2) is 11.5 Å². The zero-order chi connectivity index (χ0) is 10.8. The highest BCUT2D eigenvalue weighted by molar-refractivity contribution is 6.30. The first-order valence-corrected chi connectivity index (χ1v) is 4.65. The van der Waals surface area contributed by atoms with Crippen molar-refractivity contribution in [1.29, 1.82) is 0 Å². The van der Waals surface area contributed by atoms with Crippen LogP contribution < -0.4 is 5.73 Å². The molecule has 0 aromatic carbocycles. The molecule has 1 aromatic rings. The summed E-state index contributed by atoms with van der Waals surface area (Å²) in [6.07, 6.45) is 5.92. The minimum Gasteiger partial charge on any atom is -0.327 e. The Morgan fingerprint density at radius 2 is 2.00 bits per heavy atom. The van der Waals surface area contributed by atoms with E-state index in [1.807, 2.05) is 18.2 Å². The minimum atomic E-state index is 0. The summed E-state index contributed by atoms with van der Waals surface area (Å²) in [5, 5.41) is 0.572. The van der Waals surface area contributed by atoms with E-state index >= 15 is 0 Å². The summed E-state index contributed by atoms with van der Waals surface area (Å²) in [6, 6.07) is 3.81. The largest absolute Gasteiger partial charge is 0.327 e. The maximum absolute atomic E-state index is 5.74. The first-order valence-electron chi connectivity index (χ1n) is 4.27. The molecular formula is C11H16Cl2N2. The van der Waals surface area contributed by atoms with Gasteiger partial charge in [-0.25, -0.2) is 4.98 Å². The van der Waals surface area contributed by atoms with Crippen molar-refractivity contribution in [2.24, 2.45) is 5.73 Å². The smallest absolute Gasteiger partial charge is 0.132 e. The molecule has 1 heterocycles. The number of aromatic nitrogens is 1. The van der Waals surface area contributed by atoms with Gasteiger partial charge in [0.05, 0.1) is 0 Å². The van der Waals surface area contributed by atoms with Crippen molar-refractivity contribution in [3.8, 4) is 0 Å². The third-order valence-corrected chi connectivity index (χ3v) is 1.71. The van der Waals surface area contributed by atoms with E-state index in [1.54, 1.807) is 12.3 Å². The number of halogens is 2. The van der Waals surface area contributed by atoms with Crippen molar-refractivity contribution >= 4 is 24.0 Å². The van der Waals surface area contributed by atoms with Crippen molar-refractivity contribution in [1.82, 2.24) is 4.98 Å². The number of nitrogens with two attached hydrogens (primary N) is 1. The highest BCUT2D eigenvalue weighted by Crippen LogP contribution is 2.11. The molecule has 2 N–H and O–H groups in total. The van der Waals surface area contributed by atoms with E-state index < -0.39 is 0 Å². The summed E-state index contributed by atoms with van der Waals surface area (Å²) in [7, 11) is 0. The van der Waals surface area contributed by atoms with Crippen LogP contribution in [0.25, 0.3) is 0 Å². The van der Waals surface area contributed by atoms with Crippen molar-refractivity contribution in [2.45, 2.75) is 6.42 Å². The second-order valence-electron chi connectivity index (χ2n) is 2.47. The van der Waals surface area contributed by atoms with E-state index in [9.17, 15) is 0 Å². The van der Waals surface area contributed by atoms with E-state index in [-0.39, 0.29) is 12.4 Å². The topological polar surface area (TPSA) is 38.9 Å². The maximum Gasteiger partial charge on any atom is 0.132 e. The third kappa shape index (κ3) is 8.18. The molecule has 4 heteroatoms. The second kappa shape index (κ2) is 11.2. The minimum absolute atomic E-state index is 0. The van der Waals surface area contributed by atoms with Gasteiger partial charge in [-0.15, -0.1) is 25.6 Å². The fraction of sp³-hybridized carbons (Fsp3) is 0.182. The number of hydrogen-bond donors (Lipinski definition) is 1. The number of hydrogen-bond acceptors (Lipinski definition) is 2. The van der Waals surface area contributed by atoms with Crippen molar-refractivity contribution in [3.05, 3.63) is 54.4 Å². The molecule has 84 valence electrons. The van der Waals surface area contributed by atoms with E-state index in [0.29, 0.717) is 11.7 Å². The molecule has 0 aliphatic heterocycles. The van der Waals surface area contributed by atoms with Gasteiger partial charge in [-0.2, -0.15) is 0 Å². The van der Waals surface area contributed by atoms with Gasteiger partial charge in [0, 0.05) is 12.7 Å². The Labute approximate surface area is 102 Å². The van der Waals surface area contributed by atoms with Crippen molar-refractivity contribution < 1.29 is 0 Å². The summed E-state index contributed by atoms with van der Waals surface area (Å²) in [4.78, 5) is 3.92. The Morgan fingerprint density at radius 1 is 1.40 bits per heavy atom. The third-order valence-electron chi connectivity index (χ3n) is 1.37. The summed E-state index contributed by atoms with van der Waals surface area (Å²) in [6.45, 7) is 7.55. The number of rotatable bonds is 3. The van der Waals surface area contributed by atoms with Crippen LogP contribution in [0.2, 0.25) is 5.15 Å². The van der Waals surface area contributed by atoms with Gasteiger partial charge >= 0.3 is 0 Å². The van der Waals surface area contributed by atoms with Crippen LogP contribution in [0.3, 0.4) is 0 Å². The summed E-state index contributed by atoms with van der Waals surface area (Å²) < 4.78 is 0. The van der Waals surface area contributed by atoms with Crippen LogP contribution in [0.5, 0.6) is 0 Å². The monoisotopic (exact) mass is 246 g/mol. The van der Waals surface area contributed by atoms with Gasteiger partial charge < -0.3 is 5.73 Å². The van der Waals surface area contributed by atoms with Gasteiger partial charge in [-0.1, -0.05) is 29.8 Å². The predicted octanol–water partition coefficient (Wildman–Crippen LogP) is 3.02. The number of pyridine rings is 1. The van der Waals surface area contributed by atoms with Gasteiger partial charge in [0.2, 0.25) is 0 Å². The number of allylic oxidation sites excluding steroid dienone is 1. The fourth-order valence-electron chi connectivity index (χ4n) is 0.727. The normalized spacial score (nSPS) is 7.87. The van der Waals surface area contributed by atoms with E-state index in [4.69, 9.17) is 17.3 Å². The Morgan fingerprint density at radius 3 is 2.40 bits per heavy atom. The van der Waals surface area contributed by atoms with Crippen molar-refractivity contribution in [2.75, 3.05) is 6.54 Å². The van der Waals surface area contributed by atoms with Gasteiger partial charge in [0.25, 0.3) is 0 Å². The molecule has 0 radical (unpaired) electrons. The standard InChI is InChI=1S/C8H8ClN.C3H7N.ClH/c1-2-4-7-5-3-6-10-8(7)9;1-2-3-4;/h2-3,5-6H,1,4H2;2H,1,3-4H2;1H. The Bertz CT molecular complexity index is 288. The SMILES string of the molecule is C=CCN.C=CCc1cccnc1Cl.Cl. The van der Waals surface area contributed by atoms with Crippen LogP contribution in [0.4, 0.5) is 0 Å². The molecule has 0 amide bonds. The molecule has 2 nitrogen and oxygen atoms in total. The van der Waals surface area contributed by atoms with E-state index in [1.165, 1.54) is 0 Å². The molecule has 0 atom stereocenters. The predicted molar refractivity (Wildman–Crippen MR) is 69.6 cm³/mol. The lowest BCUT2D eigenvalue weighted by atomic mass is 10.2. The molecule has 15 heavy (non-hydrogen) atoms. The van der Waals surface area contributed by atoms with Gasteiger partial charge in [-0.3, -0.25) is 0 Å². The van der Waals surface area contributed by atoms with Crippen LogP contribution in [0.15, 0.2) is 43.6 Å². The second-order valence-corrected chi connectivity index (χ2v) is 2.83. The lowest BCUT2D eigenvalue weighted by molar-refractivity contribution is 1.19. The molecule has 0 aliphatic rings. The highest BCUT2D eigenvalue weighted by atomic mass is 35.5. The van der Waals surface area contributed by atoms with Crippen LogP contribution in [0, 0.1) is 0 Å². The average Bonchev–Trinajstić information content (AvgIpc) is 2.22. The maximum atomic E-state index is 5.74. The zero-order valence-electron chi connectivity index (χ0n) is 8.53. The molecule has 0 spiro atoms. The Balaban J connectivity index is 0. The molecule has 0 saturated carbocycles. The van der Waals surface area contributed by atoms with Crippen LogP contribution in [0.1, 0.15) is 5.56 Å². The summed E-state index contributed by atoms with van der Waals surface area (Å²) >= 11 is 5.74. The molecule has 0 saturated heterocycles. The number of nitrogens with zero attached hydrogens (tertiary/aromatic N) is 1. The molecule has 0 aliphatic carbocycles. The Hall–Kier alpha value is -0.830. The molecule has 0 unspecified atom stereocenters. The molecule has 1 rings (SSSR count). The Kier molecular flexibility index (Phi) is 12.4. The van der Waals surface area contributed by atoms with Gasteiger partial charge in [-0.05, 0) is 18.1 Å². The zero-order valence-corrected chi connectivity index (χ0v) is 10.1. The molecular weight excluding hydrogens is 231 g/mol. The highest BCUT2D eigenvalue weighted by Gasteiger charge is 1.94. The van der Waals surface area contributed by atoms with Crippen LogP contribution >= 0.6 is 24.0 Å².